The number of hydrogen-bond acceptors (Lipinski definition) is 12. The van der Waals surface area contributed by atoms with Gasteiger partial charge in [0.25, 0.3) is 5.56 Å². The maximum absolute atomic E-state index is 12.1. The van der Waals surface area contributed by atoms with E-state index in [1.165, 1.54) is 0 Å². The molecule has 3 rings (SSSR count). The largest absolute Gasteiger partial charge is 0.490 e. The molecule has 6 N–H and O–H groups in total. The van der Waals surface area contributed by atoms with Crippen molar-refractivity contribution in [1.82, 2.24) is 9.55 Å². The quantitative estimate of drug-likeness (QED) is 0.190. The molecule has 0 radical (unpaired) electrons. The van der Waals surface area contributed by atoms with Crippen molar-refractivity contribution < 1.29 is 61.0 Å². The average Bonchev–Trinajstić information content (AvgIpc) is 3.04. The summed E-state index contributed by atoms with van der Waals surface area (Å²) < 4.78 is 59.3. The van der Waals surface area contributed by atoms with Crippen LogP contribution in [0.1, 0.15) is 38.3 Å². The summed E-state index contributed by atoms with van der Waals surface area (Å²) in [5, 5.41) is 20.3. The highest BCUT2D eigenvalue weighted by molar-refractivity contribution is 7.66. The maximum Gasteiger partial charge on any atom is 0.490 e. The Morgan fingerprint density at radius 1 is 0.917 bits per heavy atom. The van der Waals surface area contributed by atoms with E-state index in [9.17, 15) is 48.2 Å². The van der Waals surface area contributed by atoms with E-state index in [2.05, 4.69) is 13.1 Å². The molecule has 7 atom stereocenters. The number of ether oxygens (including phenoxy) is 1. The Bertz CT molecular complexity index is 1160. The zero-order valence-corrected chi connectivity index (χ0v) is 21.3. The number of phosphoric acid groups is 3. The Kier molecular flexibility index (Phi) is 9.67. The number of hydrogen-bond donors (Lipinski definition) is 6. The molecule has 1 saturated carbocycles. The molecule has 2 heterocycles. The highest BCUT2D eigenvalue weighted by Gasteiger charge is 2.47. The fraction of sp³-hybridized carbons (Fsp3) is 0.750. The van der Waals surface area contributed by atoms with Gasteiger partial charge in [-0.25, -0.2) is 18.5 Å². The van der Waals surface area contributed by atoms with Crippen LogP contribution in [0.3, 0.4) is 0 Å². The minimum absolute atomic E-state index is 0.0573. The van der Waals surface area contributed by atoms with Gasteiger partial charge in [-0.3, -0.25) is 23.4 Å². The molecule has 1 aromatic heterocycles. The molecule has 36 heavy (non-hydrogen) atoms. The van der Waals surface area contributed by atoms with Gasteiger partial charge in [0.1, 0.15) is 18.3 Å². The normalized spacial score (nSPS) is 30.4. The number of aromatic amines is 1. The number of aromatic nitrogens is 2. The Labute approximate surface area is 203 Å². The molecular weight excluding hydrogens is 553 g/mol. The van der Waals surface area contributed by atoms with Crippen molar-refractivity contribution >= 4 is 23.5 Å². The van der Waals surface area contributed by atoms with Gasteiger partial charge in [-0.2, -0.15) is 8.62 Å². The van der Waals surface area contributed by atoms with Crippen molar-refractivity contribution in [2.24, 2.45) is 5.92 Å². The average molecular weight is 580 g/mol. The summed E-state index contributed by atoms with van der Waals surface area (Å²) in [4.78, 5) is 54.0. The minimum atomic E-state index is -5.67. The molecule has 0 bridgehead atoms. The summed E-state index contributed by atoms with van der Waals surface area (Å²) in [7, 11) is -16.3. The van der Waals surface area contributed by atoms with Gasteiger partial charge in [0.05, 0.1) is 13.2 Å². The first-order valence-corrected chi connectivity index (χ1v) is 15.2. The fourth-order valence-corrected chi connectivity index (χ4v) is 7.35. The van der Waals surface area contributed by atoms with Crippen molar-refractivity contribution in [3.05, 3.63) is 33.1 Å². The number of aliphatic hydroxyl groups excluding tert-OH is 2. The number of nitrogens with one attached hydrogen (secondary N) is 1. The molecule has 1 aliphatic heterocycles. The second-order valence-electron chi connectivity index (χ2n) is 8.23. The van der Waals surface area contributed by atoms with E-state index in [1.54, 1.807) is 0 Å². The van der Waals surface area contributed by atoms with Crippen LogP contribution in [-0.4, -0.2) is 66.0 Å². The van der Waals surface area contributed by atoms with Gasteiger partial charge in [-0.1, -0.05) is 19.3 Å². The molecule has 2 fully saturated rings. The lowest BCUT2D eigenvalue weighted by Gasteiger charge is -2.23. The van der Waals surface area contributed by atoms with Crippen LogP contribution >= 0.6 is 23.5 Å². The van der Waals surface area contributed by atoms with Crippen LogP contribution in [-0.2, 0) is 36.1 Å². The fourth-order valence-electron chi connectivity index (χ4n) is 3.77. The van der Waals surface area contributed by atoms with E-state index in [1.807, 2.05) is 4.98 Å². The first-order valence-electron chi connectivity index (χ1n) is 10.7. The second kappa shape index (κ2) is 11.8. The second-order valence-corrected chi connectivity index (χ2v) is 12.9. The van der Waals surface area contributed by atoms with Crippen LogP contribution in [0, 0.1) is 5.92 Å². The van der Waals surface area contributed by atoms with Crippen molar-refractivity contribution in [2.45, 2.75) is 56.6 Å². The lowest BCUT2D eigenvalue weighted by molar-refractivity contribution is -0.0542. The Morgan fingerprint density at radius 3 is 2.08 bits per heavy atom. The van der Waals surface area contributed by atoms with E-state index in [-0.39, 0.29) is 12.5 Å². The van der Waals surface area contributed by atoms with Gasteiger partial charge < -0.3 is 29.6 Å². The van der Waals surface area contributed by atoms with Crippen molar-refractivity contribution in [1.29, 1.82) is 0 Å². The lowest BCUT2D eigenvalue weighted by atomic mass is 9.90. The van der Waals surface area contributed by atoms with Crippen molar-refractivity contribution in [3.63, 3.8) is 0 Å². The Morgan fingerprint density at radius 2 is 1.50 bits per heavy atom. The number of rotatable bonds is 11. The first kappa shape index (κ1) is 29.5. The van der Waals surface area contributed by atoms with Gasteiger partial charge >= 0.3 is 29.2 Å². The molecule has 206 valence electrons. The molecule has 1 aliphatic carbocycles. The number of aliphatic hydroxyl groups is 2. The molecule has 4 unspecified atom stereocenters. The van der Waals surface area contributed by atoms with Crippen molar-refractivity contribution in [3.8, 4) is 0 Å². The minimum Gasteiger partial charge on any atom is -0.387 e. The van der Waals surface area contributed by atoms with E-state index < -0.39 is 65.9 Å². The smallest absolute Gasteiger partial charge is 0.387 e. The van der Waals surface area contributed by atoms with Gasteiger partial charge in [0.2, 0.25) is 0 Å². The van der Waals surface area contributed by atoms with Crippen LogP contribution in [0.2, 0.25) is 0 Å². The molecule has 0 amide bonds. The Balaban J connectivity index is 1.54. The molecule has 2 aliphatic rings. The summed E-state index contributed by atoms with van der Waals surface area (Å²) in [5.41, 5.74) is -1.71. The molecule has 17 nitrogen and oxygen atoms in total. The van der Waals surface area contributed by atoms with E-state index in [0.29, 0.717) is 0 Å². The van der Waals surface area contributed by atoms with Crippen molar-refractivity contribution in [2.75, 3.05) is 13.2 Å². The maximum atomic E-state index is 12.1. The van der Waals surface area contributed by atoms with Gasteiger partial charge in [-0.15, -0.1) is 0 Å². The van der Waals surface area contributed by atoms with Crippen LogP contribution < -0.4 is 11.2 Å². The van der Waals surface area contributed by atoms with Gasteiger partial charge in [0, 0.05) is 12.3 Å². The predicted molar refractivity (Wildman–Crippen MR) is 117 cm³/mol. The topological polar surface area (TPSA) is 253 Å². The number of nitrogens with zero attached hydrogens (tertiary/aromatic N) is 1. The highest BCUT2D eigenvalue weighted by Crippen LogP contribution is 2.67. The zero-order valence-electron chi connectivity index (χ0n) is 18.6. The third-order valence-electron chi connectivity index (χ3n) is 5.48. The lowest BCUT2D eigenvalue weighted by Crippen LogP contribution is -2.37. The third-order valence-corrected chi connectivity index (χ3v) is 9.73. The molecule has 0 spiro atoms. The Hall–Kier alpha value is -1.03. The van der Waals surface area contributed by atoms with E-state index in [4.69, 9.17) is 9.26 Å². The third kappa shape index (κ3) is 8.23. The van der Waals surface area contributed by atoms with Crippen LogP contribution in [0.25, 0.3) is 0 Å². The SMILES string of the molecule is O=c1ccn([C@@H]2O[C@H](COP(=O)(O)OP(=O)(O)OP(=O)(O)OCC3CCCCC3)[C@H](O)C2O)c(=O)[nH]1. The van der Waals surface area contributed by atoms with Crippen LogP contribution in [0.15, 0.2) is 21.9 Å². The van der Waals surface area contributed by atoms with E-state index in [0.717, 1.165) is 48.9 Å². The van der Waals surface area contributed by atoms with Crippen LogP contribution in [0.4, 0.5) is 0 Å². The van der Waals surface area contributed by atoms with Gasteiger partial charge in [-0.05, 0) is 18.8 Å². The molecule has 20 heteroatoms. The number of phosphoric ester groups is 2. The summed E-state index contributed by atoms with van der Waals surface area (Å²) in [6, 6.07) is 0.945. The summed E-state index contributed by atoms with van der Waals surface area (Å²) in [6.45, 7) is -1.24. The predicted octanol–water partition coefficient (Wildman–Crippen LogP) is 0.104. The monoisotopic (exact) mass is 580 g/mol. The summed E-state index contributed by atoms with van der Waals surface area (Å²) >= 11 is 0. The zero-order chi connectivity index (χ0) is 26.7. The summed E-state index contributed by atoms with van der Waals surface area (Å²) in [6.07, 6.45) is -1.32. The molecular formula is C16H27N2O15P3. The first-order chi connectivity index (χ1) is 16.7. The highest BCUT2D eigenvalue weighted by atomic mass is 31.3. The van der Waals surface area contributed by atoms with E-state index >= 15 is 0 Å². The standard InChI is InChI=1S/C16H27N2O15P3/c19-12-6-7-18(16(22)17-12)15-14(21)13(20)11(31-15)9-30-35(25,26)33-36(27,28)32-34(23,24)29-8-10-4-2-1-3-5-10/h6-7,10-11,13-15,20-21H,1-5,8-9H2,(H,23,24)(H,25,26)(H,27,28)(H,17,19,22)/t11-,13+,14?,15-/m1/s1. The van der Waals surface area contributed by atoms with Gasteiger partial charge in [0.15, 0.2) is 6.23 Å². The molecule has 1 saturated heterocycles. The number of H-pyrrole nitrogens is 1. The van der Waals surface area contributed by atoms with Crippen LogP contribution in [0.5, 0.6) is 0 Å². The summed E-state index contributed by atoms with van der Waals surface area (Å²) in [5.74, 6) is -0.0573. The molecule has 0 aromatic carbocycles. The molecule has 1 aromatic rings.